The number of hydrogen-bond acceptors (Lipinski definition) is 3. The number of hydrogen-bond donors (Lipinski definition) is 2. The van der Waals surface area contributed by atoms with E-state index in [4.69, 9.17) is 11.1 Å². The Kier molecular flexibility index (Phi) is 3.19. The summed E-state index contributed by atoms with van der Waals surface area (Å²) in [6.07, 6.45) is 6.88. The van der Waals surface area contributed by atoms with Crippen LogP contribution in [0.25, 0.3) is 0 Å². The average Bonchev–Trinajstić information content (AvgIpc) is 2.32. The second kappa shape index (κ2) is 4.63. The van der Waals surface area contributed by atoms with E-state index < -0.39 is 5.91 Å². The lowest BCUT2D eigenvalue weighted by Gasteiger charge is -2.17. The molecule has 1 aromatic rings. The number of aromatic nitrogens is 1. The van der Waals surface area contributed by atoms with Gasteiger partial charge in [0.15, 0.2) is 0 Å². The number of halogens is 1. The van der Waals surface area contributed by atoms with Crippen LogP contribution in [0.1, 0.15) is 22.0 Å². The highest BCUT2D eigenvalue weighted by atomic mass is 79.9. The van der Waals surface area contributed by atoms with E-state index in [9.17, 15) is 4.79 Å². The van der Waals surface area contributed by atoms with Crippen molar-refractivity contribution in [3.63, 3.8) is 0 Å². The van der Waals surface area contributed by atoms with Gasteiger partial charge in [-0.2, -0.15) is 0 Å². The van der Waals surface area contributed by atoms with Crippen molar-refractivity contribution in [3.8, 4) is 0 Å². The predicted molar refractivity (Wildman–Crippen MR) is 69.4 cm³/mol. The van der Waals surface area contributed by atoms with Gasteiger partial charge in [-0.1, -0.05) is 22.0 Å². The molecule has 1 amide bonds. The number of carbonyl (C=O) groups excluding carboxylic acids is 1. The number of pyridine rings is 1. The van der Waals surface area contributed by atoms with Gasteiger partial charge in [0.2, 0.25) is 0 Å². The van der Waals surface area contributed by atoms with Gasteiger partial charge in [0.25, 0.3) is 5.91 Å². The molecule has 0 bridgehead atoms. The number of nitrogens with zero attached hydrogens (tertiary/aromatic N) is 1. The van der Waals surface area contributed by atoms with Crippen molar-refractivity contribution in [1.29, 1.82) is 5.41 Å². The highest BCUT2D eigenvalue weighted by molar-refractivity contribution is 9.11. The molecule has 1 aliphatic carbocycles. The molecule has 1 unspecified atom stereocenters. The molecule has 3 N–H and O–H groups in total. The van der Waals surface area contributed by atoms with Crippen molar-refractivity contribution in [3.05, 3.63) is 52.3 Å². The second-order valence-corrected chi connectivity index (χ2v) is 4.53. The third kappa shape index (κ3) is 2.34. The summed E-state index contributed by atoms with van der Waals surface area (Å²) in [6, 6.07) is 3.28. The number of primary amides is 1. The summed E-state index contributed by atoms with van der Waals surface area (Å²) in [5.41, 5.74) is 6.56. The molecule has 1 aromatic heterocycles. The first-order valence-electron chi connectivity index (χ1n) is 4.98. The molecule has 0 radical (unpaired) electrons. The first kappa shape index (κ1) is 11.7. The predicted octanol–water partition coefficient (Wildman–Crippen LogP) is 2.13. The Morgan fingerprint density at radius 2 is 2.24 bits per heavy atom. The maximum Gasteiger partial charge on any atom is 0.250 e. The zero-order valence-electron chi connectivity index (χ0n) is 8.85. The third-order valence-electron chi connectivity index (χ3n) is 2.48. The molecular formula is C12H10BrN3O. The first-order valence-corrected chi connectivity index (χ1v) is 5.77. The van der Waals surface area contributed by atoms with E-state index in [2.05, 4.69) is 20.9 Å². The van der Waals surface area contributed by atoms with Crippen molar-refractivity contribution < 1.29 is 4.79 Å². The van der Waals surface area contributed by atoms with E-state index >= 15 is 0 Å². The van der Waals surface area contributed by atoms with Gasteiger partial charge in [0, 0.05) is 16.4 Å². The monoisotopic (exact) mass is 291 g/mol. The van der Waals surface area contributed by atoms with Gasteiger partial charge in [-0.3, -0.25) is 9.78 Å². The fourth-order valence-electron chi connectivity index (χ4n) is 1.68. The summed E-state index contributed by atoms with van der Waals surface area (Å²) in [5.74, 6) is -0.863. The molecule has 1 heterocycles. The second-order valence-electron chi connectivity index (χ2n) is 3.62. The molecule has 1 aliphatic rings. The molecule has 0 aromatic carbocycles. The van der Waals surface area contributed by atoms with Crippen LogP contribution in [0.3, 0.4) is 0 Å². The van der Waals surface area contributed by atoms with Crippen LogP contribution in [0.2, 0.25) is 0 Å². The van der Waals surface area contributed by atoms with Crippen LogP contribution in [0.15, 0.2) is 41.0 Å². The number of rotatable bonds is 2. The molecule has 5 heteroatoms. The van der Waals surface area contributed by atoms with E-state index in [1.54, 1.807) is 30.5 Å². The smallest absolute Gasteiger partial charge is 0.250 e. The molecule has 0 saturated carbocycles. The molecule has 0 aliphatic heterocycles. The van der Waals surface area contributed by atoms with E-state index in [0.717, 1.165) is 4.48 Å². The average molecular weight is 292 g/mol. The van der Waals surface area contributed by atoms with Crippen LogP contribution in [-0.4, -0.2) is 16.6 Å². The number of nitrogens with one attached hydrogen (secondary N) is 1. The van der Waals surface area contributed by atoms with Crippen LogP contribution in [-0.2, 0) is 0 Å². The number of carbonyl (C=O) groups is 1. The summed E-state index contributed by atoms with van der Waals surface area (Å²) in [7, 11) is 0. The minimum atomic E-state index is -0.528. The molecule has 86 valence electrons. The number of nitrogens with two attached hydrogens (primary N) is 1. The molecule has 17 heavy (non-hydrogen) atoms. The lowest BCUT2D eigenvalue weighted by atomic mass is 9.91. The normalized spacial score (nSPS) is 19.0. The minimum absolute atomic E-state index is 0.335. The van der Waals surface area contributed by atoms with E-state index in [1.807, 2.05) is 6.08 Å². The van der Waals surface area contributed by atoms with Gasteiger partial charge in [-0.05, 0) is 24.3 Å². The van der Waals surface area contributed by atoms with Gasteiger partial charge in [0.1, 0.15) is 0 Å². The fraction of sp³-hybridized carbons (Fsp3) is 0.0833. The highest BCUT2D eigenvalue weighted by Crippen LogP contribution is 2.27. The van der Waals surface area contributed by atoms with Crippen molar-refractivity contribution in [1.82, 2.24) is 4.98 Å². The summed E-state index contributed by atoms with van der Waals surface area (Å²) >= 11 is 3.35. The maximum atomic E-state index is 11.3. The van der Waals surface area contributed by atoms with Gasteiger partial charge in [-0.15, -0.1) is 0 Å². The topological polar surface area (TPSA) is 79.8 Å². The van der Waals surface area contributed by atoms with Crippen LogP contribution in [0.4, 0.5) is 0 Å². The molecule has 1 atom stereocenters. The van der Waals surface area contributed by atoms with Crippen molar-refractivity contribution in [2.24, 2.45) is 5.73 Å². The lowest BCUT2D eigenvalue weighted by Crippen LogP contribution is -2.20. The van der Waals surface area contributed by atoms with Crippen LogP contribution in [0.5, 0.6) is 0 Å². The number of amides is 1. The SMILES string of the molecule is N=C1C=CC(Br)=CC1c1ncccc1C(N)=O. The van der Waals surface area contributed by atoms with Crippen LogP contribution < -0.4 is 5.73 Å². The molecule has 0 spiro atoms. The summed E-state index contributed by atoms with van der Waals surface area (Å²) in [6.45, 7) is 0. The molecule has 0 saturated heterocycles. The molecule has 2 rings (SSSR count). The van der Waals surface area contributed by atoms with E-state index in [-0.39, 0.29) is 5.92 Å². The minimum Gasteiger partial charge on any atom is -0.366 e. The van der Waals surface area contributed by atoms with Gasteiger partial charge < -0.3 is 11.1 Å². The Hall–Kier alpha value is -1.75. The Morgan fingerprint density at radius 3 is 2.94 bits per heavy atom. The summed E-state index contributed by atoms with van der Waals surface area (Å²) < 4.78 is 0.861. The summed E-state index contributed by atoms with van der Waals surface area (Å²) in [4.78, 5) is 15.5. The lowest BCUT2D eigenvalue weighted by molar-refractivity contribution is 0.0999. The Balaban J connectivity index is 2.51. The zero-order valence-corrected chi connectivity index (χ0v) is 10.4. The van der Waals surface area contributed by atoms with Gasteiger partial charge >= 0.3 is 0 Å². The fourth-order valence-corrected chi connectivity index (χ4v) is 2.07. The van der Waals surface area contributed by atoms with Crippen molar-refractivity contribution in [2.45, 2.75) is 5.92 Å². The van der Waals surface area contributed by atoms with Gasteiger partial charge in [-0.25, -0.2) is 0 Å². The maximum absolute atomic E-state index is 11.3. The molecular weight excluding hydrogens is 282 g/mol. The molecule has 4 nitrogen and oxygen atoms in total. The van der Waals surface area contributed by atoms with E-state index in [1.165, 1.54) is 0 Å². The summed E-state index contributed by atoms with van der Waals surface area (Å²) in [5, 5.41) is 7.87. The number of allylic oxidation sites excluding steroid dienone is 4. The van der Waals surface area contributed by atoms with Crippen molar-refractivity contribution >= 4 is 27.5 Å². The Bertz CT molecular complexity index is 548. The Labute approximate surface area is 107 Å². The highest BCUT2D eigenvalue weighted by Gasteiger charge is 2.22. The van der Waals surface area contributed by atoms with Gasteiger partial charge in [0.05, 0.1) is 17.2 Å². The zero-order chi connectivity index (χ0) is 12.4. The Morgan fingerprint density at radius 1 is 1.47 bits per heavy atom. The molecule has 0 fully saturated rings. The quantitative estimate of drug-likeness (QED) is 0.875. The van der Waals surface area contributed by atoms with Crippen LogP contribution in [0, 0.1) is 5.41 Å². The van der Waals surface area contributed by atoms with E-state index in [0.29, 0.717) is 17.0 Å². The standard InChI is InChI=1S/C12H10BrN3O/c13-7-3-4-10(14)9(6-7)11-8(12(15)17)2-1-5-16-11/h1-6,9,14H,(H2,15,17). The first-order chi connectivity index (χ1) is 8.09. The van der Waals surface area contributed by atoms with Crippen LogP contribution >= 0.6 is 15.9 Å². The van der Waals surface area contributed by atoms with Crippen molar-refractivity contribution in [2.75, 3.05) is 0 Å². The third-order valence-corrected chi connectivity index (χ3v) is 3.01. The largest absolute Gasteiger partial charge is 0.366 e.